The first-order valence-electron chi connectivity index (χ1n) is 10.8. The van der Waals surface area contributed by atoms with E-state index >= 15 is 0 Å². The van der Waals surface area contributed by atoms with Crippen molar-refractivity contribution < 1.29 is 37.5 Å². The van der Waals surface area contributed by atoms with Crippen molar-refractivity contribution >= 4 is 22.0 Å². The highest BCUT2D eigenvalue weighted by Gasteiger charge is 2.25. The summed E-state index contributed by atoms with van der Waals surface area (Å²) in [5.41, 5.74) is 6.70. The van der Waals surface area contributed by atoms with Crippen molar-refractivity contribution in [2.45, 2.75) is 45.3 Å². The van der Waals surface area contributed by atoms with Gasteiger partial charge in [-0.2, -0.15) is 8.42 Å². The number of ether oxygens (including phenoxy) is 2. The SMILES string of the molecule is CC(C)(C)OC(=O)N1CCC(O)CC1.COc1cc(O)ccc1-c1cccc(N)n1.CS(=O)(=O)O. The third kappa shape index (κ3) is 12.8. The summed E-state index contributed by atoms with van der Waals surface area (Å²) in [5.74, 6) is 1.18. The van der Waals surface area contributed by atoms with Crippen LogP contribution < -0.4 is 10.5 Å². The maximum Gasteiger partial charge on any atom is 0.410 e. The van der Waals surface area contributed by atoms with Gasteiger partial charge in [0.05, 0.1) is 25.2 Å². The standard InChI is InChI=1S/C12H12N2O2.C10H19NO3.CH4O3S/c1-16-11-7-8(15)5-6-9(11)10-3-2-4-12(13)14-10;1-10(2,3)14-9(13)11-6-4-8(12)5-7-11;1-5(2,3)4/h2-7,15H,1H3,(H2,13,14);8,12H,4-7H2,1-3H3;1H3,(H,2,3,4). The van der Waals surface area contributed by atoms with E-state index in [-0.39, 0.29) is 17.9 Å². The van der Waals surface area contributed by atoms with Crippen LogP contribution in [-0.2, 0) is 14.9 Å². The zero-order valence-corrected chi connectivity index (χ0v) is 21.4. The quantitative estimate of drug-likeness (QED) is 0.437. The maximum absolute atomic E-state index is 11.5. The molecule has 1 aromatic heterocycles. The summed E-state index contributed by atoms with van der Waals surface area (Å²) >= 11 is 0. The number of nitrogens with two attached hydrogens (primary N) is 1. The van der Waals surface area contributed by atoms with Gasteiger partial charge in [-0.3, -0.25) is 4.55 Å². The molecular formula is C23H35N3O8S. The van der Waals surface area contributed by atoms with E-state index in [4.69, 9.17) is 19.8 Å². The Morgan fingerprint density at radius 1 is 1.17 bits per heavy atom. The Morgan fingerprint density at radius 2 is 1.74 bits per heavy atom. The molecule has 3 rings (SSSR count). The first kappa shape index (κ1) is 29.9. The molecule has 0 atom stereocenters. The number of rotatable bonds is 2. The highest BCUT2D eigenvalue weighted by Crippen LogP contribution is 2.31. The number of amides is 1. The van der Waals surface area contributed by atoms with Crippen LogP contribution in [0.5, 0.6) is 11.5 Å². The van der Waals surface area contributed by atoms with Crippen LogP contribution in [0.25, 0.3) is 11.3 Å². The van der Waals surface area contributed by atoms with Crippen molar-refractivity contribution in [3.05, 3.63) is 36.4 Å². The van der Waals surface area contributed by atoms with E-state index in [1.807, 2.05) is 32.9 Å². The number of aromatic nitrogens is 1. The number of pyridine rings is 1. The van der Waals surface area contributed by atoms with Crippen LogP contribution in [0, 0.1) is 0 Å². The number of anilines is 1. The van der Waals surface area contributed by atoms with Gasteiger partial charge in [-0.15, -0.1) is 0 Å². The third-order valence-corrected chi connectivity index (χ3v) is 4.35. The molecule has 0 radical (unpaired) electrons. The van der Waals surface area contributed by atoms with E-state index in [9.17, 15) is 23.4 Å². The van der Waals surface area contributed by atoms with Gasteiger partial charge in [0, 0.05) is 24.7 Å². The minimum atomic E-state index is -3.67. The highest BCUT2D eigenvalue weighted by molar-refractivity contribution is 7.85. The van der Waals surface area contributed by atoms with Gasteiger partial charge in [0.25, 0.3) is 10.1 Å². The fourth-order valence-electron chi connectivity index (χ4n) is 2.87. The molecule has 0 bridgehead atoms. The Bertz CT molecular complexity index is 1050. The molecule has 2 aromatic rings. The van der Waals surface area contributed by atoms with Gasteiger partial charge < -0.3 is 30.3 Å². The summed E-state index contributed by atoms with van der Waals surface area (Å²) in [6, 6.07) is 10.3. The second-order valence-electron chi connectivity index (χ2n) is 8.76. The number of aromatic hydroxyl groups is 1. The second-order valence-corrected chi connectivity index (χ2v) is 10.2. The fourth-order valence-corrected chi connectivity index (χ4v) is 2.87. The average Bonchev–Trinajstić information content (AvgIpc) is 2.72. The molecule has 1 fully saturated rings. The molecule has 1 amide bonds. The van der Waals surface area contributed by atoms with Crippen LogP contribution in [0.15, 0.2) is 36.4 Å². The number of carbonyl (C=O) groups is 1. The molecule has 2 heterocycles. The molecule has 11 nitrogen and oxygen atoms in total. The Hall–Kier alpha value is -3.09. The summed E-state index contributed by atoms with van der Waals surface area (Å²) in [6.45, 7) is 6.74. The molecule has 0 unspecified atom stereocenters. The number of aliphatic hydroxyl groups excluding tert-OH is 1. The Labute approximate surface area is 206 Å². The normalized spacial score (nSPS) is 14.1. The first-order chi connectivity index (χ1) is 16.1. The van der Waals surface area contributed by atoms with Gasteiger partial charge in [0.1, 0.15) is 22.9 Å². The lowest BCUT2D eigenvalue weighted by molar-refractivity contribution is 0.0101. The van der Waals surface area contributed by atoms with Crippen LogP contribution >= 0.6 is 0 Å². The van der Waals surface area contributed by atoms with E-state index in [2.05, 4.69) is 4.98 Å². The Morgan fingerprint density at radius 3 is 2.23 bits per heavy atom. The Balaban J connectivity index is 0.000000297. The number of piperidine rings is 1. The van der Waals surface area contributed by atoms with Crippen LogP contribution in [-0.4, -0.2) is 77.3 Å². The number of nitrogens with zero attached hydrogens (tertiary/aromatic N) is 2. The molecule has 0 saturated carbocycles. The van der Waals surface area contributed by atoms with Gasteiger partial charge in [0.15, 0.2) is 0 Å². The van der Waals surface area contributed by atoms with Crippen LogP contribution in [0.1, 0.15) is 33.6 Å². The van der Waals surface area contributed by atoms with E-state index in [0.29, 0.717) is 43.8 Å². The number of methoxy groups -OCH3 is 1. The number of hydrogen-bond donors (Lipinski definition) is 4. The summed E-state index contributed by atoms with van der Waals surface area (Å²) < 4.78 is 36.3. The molecule has 1 aliphatic rings. The summed E-state index contributed by atoms with van der Waals surface area (Å²) in [5, 5.41) is 18.6. The molecule has 196 valence electrons. The molecule has 5 N–H and O–H groups in total. The lowest BCUT2D eigenvalue weighted by Crippen LogP contribution is -2.42. The van der Waals surface area contributed by atoms with Gasteiger partial charge in [0.2, 0.25) is 0 Å². The van der Waals surface area contributed by atoms with Crippen molar-refractivity contribution in [1.82, 2.24) is 9.88 Å². The number of aliphatic hydroxyl groups is 1. The zero-order chi connectivity index (χ0) is 26.8. The molecule has 0 spiro atoms. The summed E-state index contributed by atoms with van der Waals surface area (Å²) in [6.07, 6.45) is 1.49. The predicted octanol–water partition coefficient (Wildman–Crippen LogP) is 2.93. The molecule has 35 heavy (non-hydrogen) atoms. The van der Waals surface area contributed by atoms with Crippen molar-refractivity contribution in [2.75, 3.05) is 32.2 Å². The number of nitrogen functional groups attached to an aromatic ring is 1. The lowest BCUT2D eigenvalue weighted by Gasteiger charge is -2.31. The minimum Gasteiger partial charge on any atom is -0.508 e. The van der Waals surface area contributed by atoms with Gasteiger partial charge in [-0.25, -0.2) is 9.78 Å². The van der Waals surface area contributed by atoms with Gasteiger partial charge >= 0.3 is 6.09 Å². The number of likely N-dealkylation sites (tertiary alicyclic amines) is 1. The topological polar surface area (TPSA) is 173 Å². The molecule has 1 aromatic carbocycles. The van der Waals surface area contributed by atoms with Gasteiger partial charge in [-0.1, -0.05) is 6.07 Å². The molecule has 12 heteroatoms. The lowest BCUT2D eigenvalue weighted by atomic mass is 10.1. The monoisotopic (exact) mass is 513 g/mol. The predicted molar refractivity (Wildman–Crippen MR) is 133 cm³/mol. The fraction of sp³-hybridized carbons (Fsp3) is 0.478. The number of phenolic OH excluding ortho intramolecular Hbond substituents is 1. The van der Waals surface area contributed by atoms with Crippen LogP contribution in [0.3, 0.4) is 0 Å². The highest BCUT2D eigenvalue weighted by atomic mass is 32.2. The third-order valence-electron chi connectivity index (χ3n) is 4.35. The summed E-state index contributed by atoms with van der Waals surface area (Å²) in [4.78, 5) is 17.4. The number of phenols is 1. The zero-order valence-electron chi connectivity index (χ0n) is 20.6. The number of carbonyl (C=O) groups excluding carboxylic acids is 1. The minimum absolute atomic E-state index is 0.157. The smallest absolute Gasteiger partial charge is 0.410 e. The molecular weight excluding hydrogens is 478 g/mol. The van der Waals surface area contributed by atoms with E-state index < -0.39 is 15.7 Å². The van der Waals surface area contributed by atoms with Crippen molar-refractivity contribution in [2.24, 2.45) is 0 Å². The van der Waals surface area contributed by atoms with E-state index in [1.54, 1.807) is 36.3 Å². The maximum atomic E-state index is 11.5. The largest absolute Gasteiger partial charge is 0.508 e. The Kier molecular flexibility index (Phi) is 11.2. The van der Waals surface area contributed by atoms with Gasteiger partial charge in [-0.05, 0) is 57.9 Å². The molecule has 1 saturated heterocycles. The number of hydrogen-bond acceptors (Lipinski definition) is 9. The van der Waals surface area contributed by atoms with Crippen molar-refractivity contribution in [3.8, 4) is 22.8 Å². The van der Waals surface area contributed by atoms with Crippen LogP contribution in [0.4, 0.5) is 10.6 Å². The average molecular weight is 514 g/mol. The summed E-state index contributed by atoms with van der Waals surface area (Å²) in [7, 11) is -2.12. The second kappa shape index (κ2) is 13.1. The number of benzene rings is 1. The first-order valence-corrected chi connectivity index (χ1v) is 12.6. The van der Waals surface area contributed by atoms with Crippen molar-refractivity contribution in [1.29, 1.82) is 0 Å². The van der Waals surface area contributed by atoms with Crippen LogP contribution in [0.2, 0.25) is 0 Å². The van der Waals surface area contributed by atoms with Crippen molar-refractivity contribution in [3.63, 3.8) is 0 Å². The molecule has 0 aliphatic carbocycles. The van der Waals surface area contributed by atoms with E-state index in [0.717, 1.165) is 11.3 Å². The molecule has 1 aliphatic heterocycles. The van der Waals surface area contributed by atoms with E-state index in [1.165, 1.54) is 0 Å².